The van der Waals surface area contributed by atoms with Crippen molar-refractivity contribution in [3.05, 3.63) is 35.4 Å². The fourth-order valence-electron chi connectivity index (χ4n) is 1.15. The minimum atomic E-state index is -0.979. The molecule has 0 aliphatic heterocycles. The summed E-state index contributed by atoms with van der Waals surface area (Å²) in [5.74, 6) is -0.979. The zero-order valence-corrected chi connectivity index (χ0v) is 10.3. The Morgan fingerprint density at radius 2 is 1.62 bits per heavy atom. The van der Waals surface area contributed by atoms with E-state index in [1.54, 1.807) is 0 Å². The van der Waals surface area contributed by atoms with Gasteiger partial charge in [-0.25, -0.2) is 0 Å². The molecule has 0 amide bonds. The van der Waals surface area contributed by atoms with E-state index in [0.29, 0.717) is 13.0 Å². The molecule has 0 heterocycles. The number of carboxylic acid groups (broad SMARTS) is 1. The van der Waals surface area contributed by atoms with Gasteiger partial charge in [0.05, 0.1) is 0 Å². The highest BCUT2D eigenvalue weighted by Crippen LogP contribution is 2.05. The molecule has 1 unspecified atom stereocenters. The molecule has 4 nitrogen and oxygen atoms in total. The third-order valence-corrected chi connectivity index (χ3v) is 2.03. The van der Waals surface area contributed by atoms with E-state index in [0.717, 1.165) is 11.1 Å². The van der Waals surface area contributed by atoms with Gasteiger partial charge < -0.3 is 16.6 Å². The van der Waals surface area contributed by atoms with Crippen LogP contribution in [0.2, 0.25) is 0 Å². The van der Waals surface area contributed by atoms with Crippen LogP contribution in [-0.4, -0.2) is 17.1 Å². The summed E-state index contributed by atoms with van der Waals surface area (Å²) in [7, 11) is 0. The lowest BCUT2D eigenvalue weighted by atomic mass is 10.0. The maximum absolute atomic E-state index is 10.5. The SMILES string of the molecule is Cl.Cl.NCc1ccc(CC(N)C(=O)O)cc1. The Morgan fingerprint density at radius 3 is 2.00 bits per heavy atom. The van der Waals surface area contributed by atoms with Crippen LogP contribution < -0.4 is 11.5 Å². The van der Waals surface area contributed by atoms with Crippen molar-refractivity contribution in [1.82, 2.24) is 0 Å². The highest BCUT2D eigenvalue weighted by atomic mass is 35.5. The normalized spacial score (nSPS) is 10.9. The van der Waals surface area contributed by atoms with E-state index in [4.69, 9.17) is 16.6 Å². The maximum Gasteiger partial charge on any atom is 0.320 e. The number of nitrogens with two attached hydrogens (primary N) is 2. The van der Waals surface area contributed by atoms with Crippen LogP contribution >= 0.6 is 24.8 Å². The van der Waals surface area contributed by atoms with E-state index in [2.05, 4.69) is 0 Å². The largest absolute Gasteiger partial charge is 0.480 e. The van der Waals surface area contributed by atoms with Crippen molar-refractivity contribution in [3.63, 3.8) is 0 Å². The van der Waals surface area contributed by atoms with Crippen molar-refractivity contribution in [3.8, 4) is 0 Å². The molecule has 0 spiro atoms. The molecule has 1 rings (SSSR count). The molecule has 92 valence electrons. The van der Waals surface area contributed by atoms with Crippen molar-refractivity contribution in [1.29, 1.82) is 0 Å². The van der Waals surface area contributed by atoms with Gasteiger partial charge >= 0.3 is 5.97 Å². The van der Waals surface area contributed by atoms with Gasteiger partial charge in [0.15, 0.2) is 0 Å². The van der Waals surface area contributed by atoms with Crippen molar-refractivity contribution in [2.45, 2.75) is 19.0 Å². The number of benzene rings is 1. The van der Waals surface area contributed by atoms with E-state index in [9.17, 15) is 4.79 Å². The minimum absolute atomic E-state index is 0. The lowest BCUT2D eigenvalue weighted by Crippen LogP contribution is -2.32. The first-order valence-electron chi connectivity index (χ1n) is 4.39. The Balaban J connectivity index is 0. The summed E-state index contributed by atoms with van der Waals surface area (Å²) in [5.41, 5.74) is 12.8. The Labute approximate surface area is 107 Å². The third kappa shape index (κ3) is 5.32. The average molecular weight is 267 g/mol. The van der Waals surface area contributed by atoms with Gasteiger partial charge in [-0.2, -0.15) is 0 Å². The smallest absolute Gasteiger partial charge is 0.320 e. The van der Waals surface area contributed by atoms with E-state index in [-0.39, 0.29) is 24.8 Å². The second kappa shape index (κ2) is 8.35. The molecule has 1 aromatic carbocycles. The topological polar surface area (TPSA) is 89.3 Å². The van der Waals surface area contributed by atoms with Crippen molar-refractivity contribution < 1.29 is 9.90 Å². The van der Waals surface area contributed by atoms with E-state index in [1.807, 2.05) is 24.3 Å². The molecule has 0 saturated heterocycles. The molecule has 1 aromatic rings. The summed E-state index contributed by atoms with van der Waals surface area (Å²) in [6.45, 7) is 0.491. The molecular weight excluding hydrogens is 251 g/mol. The number of carbonyl (C=O) groups is 1. The van der Waals surface area contributed by atoms with Gasteiger partial charge in [0.2, 0.25) is 0 Å². The van der Waals surface area contributed by atoms with Crippen LogP contribution in [0.4, 0.5) is 0 Å². The van der Waals surface area contributed by atoms with E-state index in [1.165, 1.54) is 0 Å². The number of rotatable bonds is 4. The van der Waals surface area contributed by atoms with Crippen molar-refractivity contribution in [2.75, 3.05) is 0 Å². The number of carboxylic acids is 1. The molecule has 16 heavy (non-hydrogen) atoms. The molecule has 0 saturated carbocycles. The minimum Gasteiger partial charge on any atom is -0.480 e. The molecule has 5 N–H and O–H groups in total. The summed E-state index contributed by atoms with van der Waals surface area (Å²) in [6, 6.07) is 6.63. The van der Waals surface area contributed by atoms with Gasteiger partial charge in [0.25, 0.3) is 0 Å². The van der Waals surface area contributed by atoms with Crippen molar-refractivity contribution in [2.24, 2.45) is 11.5 Å². The zero-order chi connectivity index (χ0) is 10.6. The molecule has 0 aliphatic carbocycles. The second-order valence-electron chi connectivity index (χ2n) is 3.17. The molecule has 0 aliphatic rings. The van der Waals surface area contributed by atoms with Gasteiger partial charge in [0.1, 0.15) is 6.04 Å². The van der Waals surface area contributed by atoms with Crippen LogP contribution in [0.25, 0.3) is 0 Å². The number of aliphatic carboxylic acids is 1. The summed E-state index contributed by atoms with van der Waals surface area (Å²) in [6.07, 6.45) is 0.347. The summed E-state index contributed by atoms with van der Waals surface area (Å²) in [5, 5.41) is 8.60. The van der Waals surface area contributed by atoms with Gasteiger partial charge in [-0.15, -0.1) is 24.8 Å². The Hall–Kier alpha value is -0.810. The van der Waals surface area contributed by atoms with E-state index >= 15 is 0 Å². The third-order valence-electron chi connectivity index (χ3n) is 2.03. The van der Waals surface area contributed by atoms with Crippen LogP contribution in [0, 0.1) is 0 Å². The Kier molecular flexibility index (Phi) is 9.18. The van der Waals surface area contributed by atoms with Crippen LogP contribution in [0.15, 0.2) is 24.3 Å². The standard InChI is InChI=1S/C10H14N2O2.2ClH/c11-6-8-3-1-7(2-4-8)5-9(12)10(13)14;;/h1-4,9H,5-6,11-12H2,(H,13,14);2*1H. The predicted molar refractivity (Wildman–Crippen MR) is 68.1 cm³/mol. The molecule has 0 aromatic heterocycles. The first-order chi connectivity index (χ1) is 6.63. The Morgan fingerprint density at radius 1 is 1.19 bits per heavy atom. The lowest BCUT2D eigenvalue weighted by molar-refractivity contribution is -0.138. The zero-order valence-electron chi connectivity index (χ0n) is 8.63. The summed E-state index contributed by atoms with van der Waals surface area (Å²) >= 11 is 0. The monoisotopic (exact) mass is 266 g/mol. The van der Waals surface area contributed by atoms with Crippen LogP contribution in [0.3, 0.4) is 0 Å². The molecule has 0 bridgehead atoms. The van der Waals surface area contributed by atoms with Gasteiger partial charge in [-0.3, -0.25) is 4.79 Å². The first kappa shape index (κ1) is 17.6. The molecule has 6 heteroatoms. The number of hydrogen-bond donors (Lipinski definition) is 3. The second-order valence-corrected chi connectivity index (χ2v) is 3.17. The Bertz CT molecular complexity index is 317. The summed E-state index contributed by atoms with van der Waals surface area (Å²) < 4.78 is 0. The molecule has 0 fully saturated rings. The predicted octanol–water partition coefficient (Wildman–Crippen LogP) is 0.943. The van der Waals surface area contributed by atoms with Crippen LogP contribution in [-0.2, 0) is 17.8 Å². The van der Waals surface area contributed by atoms with Crippen molar-refractivity contribution >= 4 is 30.8 Å². The molecular formula is C10H16Cl2N2O2. The number of hydrogen-bond acceptors (Lipinski definition) is 3. The molecule has 0 radical (unpaired) electrons. The van der Waals surface area contributed by atoms with Crippen LogP contribution in [0.1, 0.15) is 11.1 Å². The average Bonchev–Trinajstić information content (AvgIpc) is 2.19. The highest BCUT2D eigenvalue weighted by molar-refractivity contribution is 5.85. The van der Waals surface area contributed by atoms with Crippen LogP contribution in [0.5, 0.6) is 0 Å². The fraction of sp³-hybridized carbons (Fsp3) is 0.300. The fourth-order valence-corrected chi connectivity index (χ4v) is 1.15. The van der Waals surface area contributed by atoms with Gasteiger partial charge in [0, 0.05) is 6.54 Å². The number of halogens is 2. The van der Waals surface area contributed by atoms with Gasteiger partial charge in [-0.1, -0.05) is 24.3 Å². The maximum atomic E-state index is 10.5. The summed E-state index contributed by atoms with van der Waals surface area (Å²) in [4.78, 5) is 10.5. The highest BCUT2D eigenvalue weighted by Gasteiger charge is 2.11. The first-order valence-corrected chi connectivity index (χ1v) is 4.39. The lowest BCUT2D eigenvalue weighted by Gasteiger charge is -2.06. The molecule has 1 atom stereocenters. The van der Waals surface area contributed by atoms with E-state index < -0.39 is 12.0 Å². The quantitative estimate of drug-likeness (QED) is 0.757. The van der Waals surface area contributed by atoms with Gasteiger partial charge in [-0.05, 0) is 17.5 Å².